The van der Waals surface area contributed by atoms with E-state index in [1.807, 2.05) is 30.9 Å². The van der Waals surface area contributed by atoms with Gasteiger partial charge >= 0.3 is 0 Å². The Balaban J connectivity index is 1.67. The van der Waals surface area contributed by atoms with Crippen molar-refractivity contribution in [3.8, 4) is 0 Å². The molecule has 5 heteroatoms. The molecule has 27 heavy (non-hydrogen) atoms. The molecule has 144 valence electrons. The zero-order valence-corrected chi connectivity index (χ0v) is 15.9. The van der Waals surface area contributed by atoms with E-state index in [1.54, 1.807) is 12.1 Å². The Labute approximate surface area is 159 Å². The van der Waals surface area contributed by atoms with Crippen LogP contribution in [0.5, 0.6) is 0 Å². The number of piperidine rings is 1. The average molecular weight is 372 g/mol. The van der Waals surface area contributed by atoms with E-state index < -0.39 is 0 Å². The van der Waals surface area contributed by atoms with E-state index in [9.17, 15) is 13.6 Å². The van der Waals surface area contributed by atoms with Gasteiger partial charge in [-0.05, 0) is 54.8 Å². The summed E-state index contributed by atoms with van der Waals surface area (Å²) in [6.07, 6.45) is 1.72. The van der Waals surface area contributed by atoms with Gasteiger partial charge < -0.3 is 4.90 Å². The van der Waals surface area contributed by atoms with E-state index in [1.165, 1.54) is 24.3 Å². The molecule has 0 spiro atoms. The second-order valence-electron chi connectivity index (χ2n) is 7.47. The van der Waals surface area contributed by atoms with Crippen LogP contribution in [0, 0.1) is 17.6 Å². The Bertz CT molecular complexity index is 751. The number of halogens is 2. The van der Waals surface area contributed by atoms with Gasteiger partial charge in [0, 0.05) is 37.3 Å². The van der Waals surface area contributed by atoms with Gasteiger partial charge in [-0.1, -0.05) is 26.0 Å². The minimum absolute atomic E-state index is 0.0681. The molecule has 0 N–H and O–H groups in total. The smallest absolute Gasteiger partial charge is 0.229 e. The molecule has 3 rings (SSSR count). The van der Waals surface area contributed by atoms with Crippen molar-refractivity contribution in [1.29, 1.82) is 0 Å². The number of carbonyl (C=O) groups is 1. The predicted molar refractivity (Wildman–Crippen MR) is 103 cm³/mol. The van der Waals surface area contributed by atoms with Crippen LogP contribution >= 0.6 is 0 Å². The van der Waals surface area contributed by atoms with Gasteiger partial charge in [-0.3, -0.25) is 9.69 Å². The maximum Gasteiger partial charge on any atom is 0.229 e. The van der Waals surface area contributed by atoms with Crippen molar-refractivity contribution >= 4 is 11.6 Å². The normalized spacial score (nSPS) is 15.9. The van der Waals surface area contributed by atoms with Crippen LogP contribution in [-0.2, 0) is 11.3 Å². The number of benzene rings is 2. The molecule has 1 aliphatic rings. The Morgan fingerprint density at radius 1 is 1.00 bits per heavy atom. The summed E-state index contributed by atoms with van der Waals surface area (Å²) >= 11 is 0. The fourth-order valence-corrected chi connectivity index (χ4v) is 3.58. The lowest BCUT2D eigenvalue weighted by Crippen LogP contribution is -2.48. The fraction of sp³-hybridized carbons (Fsp3) is 0.409. The highest BCUT2D eigenvalue weighted by molar-refractivity contribution is 5.95. The first-order valence-electron chi connectivity index (χ1n) is 9.49. The summed E-state index contributed by atoms with van der Waals surface area (Å²) < 4.78 is 26.4. The number of hydrogen-bond donors (Lipinski definition) is 0. The van der Waals surface area contributed by atoms with E-state index in [2.05, 4.69) is 4.90 Å². The highest BCUT2D eigenvalue weighted by atomic mass is 19.1. The van der Waals surface area contributed by atoms with Gasteiger partial charge in [0.2, 0.25) is 5.91 Å². The van der Waals surface area contributed by atoms with Crippen molar-refractivity contribution in [3.63, 3.8) is 0 Å². The average Bonchev–Trinajstić information content (AvgIpc) is 2.66. The molecule has 2 aromatic carbocycles. The molecule has 2 aromatic rings. The molecule has 0 atom stereocenters. The summed E-state index contributed by atoms with van der Waals surface area (Å²) in [5, 5.41) is 0. The van der Waals surface area contributed by atoms with Gasteiger partial charge in [0.25, 0.3) is 0 Å². The van der Waals surface area contributed by atoms with Crippen molar-refractivity contribution in [2.75, 3.05) is 18.0 Å². The molecule has 0 aliphatic carbocycles. The van der Waals surface area contributed by atoms with Crippen LogP contribution in [-0.4, -0.2) is 29.9 Å². The quantitative estimate of drug-likeness (QED) is 0.765. The molecule has 1 amide bonds. The second-order valence-corrected chi connectivity index (χ2v) is 7.47. The molecule has 0 aromatic heterocycles. The van der Waals surface area contributed by atoms with Crippen LogP contribution in [0.4, 0.5) is 14.5 Å². The highest BCUT2D eigenvalue weighted by Crippen LogP contribution is 2.26. The molecule has 0 saturated carbocycles. The van der Waals surface area contributed by atoms with E-state index in [0.29, 0.717) is 0 Å². The number of likely N-dealkylation sites (tertiary alicyclic amines) is 1. The summed E-state index contributed by atoms with van der Waals surface area (Å²) in [6.45, 7) is 6.29. The molecule has 0 bridgehead atoms. The van der Waals surface area contributed by atoms with Gasteiger partial charge in [-0.15, -0.1) is 0 Å². The van der Waals surface area contributed by atoms with Crippen LogP contribution < -0.4 is 4.90 Å². The maximum absolute atomic E-state index is 13.3. The zero-order chi connectivity index (χ0) is 19.4. The lowest BCUT2D eigenvalue weighted by molar-refractivity contribution is -0.122. The van der Waals surface area contributed by atoms with Gasteiger partial charge in [0.05, 0.1) is 0 Å². The lowest BCUT2D eigenvalue weighted by atomic mass is 9.99. The Kier molecular flexibility index (Phi) is 6.22. The Morgan fingerprint density at radius 2 is 1.52 bits per heavy atom. The molecule has 1 fully saturated rings. The Morgan fingerprint density at radius 3 is 2.04 bits per heavy atom. The summed E-state index contributed by atoms with van der Waals surface area (Å²) in [4.78, 5) is 17.0. The summed E-state index contributed by atoms with van der Waals surface area (Å²) in [7, 11) is 0. The largest absolute Gasteiger partial charge is 0.309 e. The highest BCUT2D eigenvalue weighted by Gasteiger charge is 2.30. The first kappa shape index (κ1) is 19.5. The van der Waals surface area contributed by atoms with Crippen LogP contribution in [0.25, 0.3) is 0 Å². The summed E-state index contributed by atoms with van der Waals surface area (Å²) in [6, 6.07) is 12.9. The molecule has 0 unspecified atom stereocenters. The van der Waals surface area contributed by atoms with E-state index >= 15 is 0 Å². The topological polar surface area (TPSA) is 23.6 Å². The fourth-order valence-electron chi connectivity index (χ4n) is 3.58. The number of hydrogen-bond acceptors (Lipinski definition) is 2. The minimum Gasteiger partial charge on any atom is -0.309 e. The van der Waals surface area contributed by atoms with Crippen LogP contribution in [0.2, 0.25) is 0 Å². The summed E-state index contributed by atoms with van der Waals surface area (Å²) in [5.41, 5.74) is 1.84. The van der Waals surface area contributed by atoms with E-state index in [0.717, 1.165) is 43.7 Å². The van der Waals surface area contributed by atoms with Crippen molar-refractivity contribution in [1.82, 2.24) is 4.90 Å². The SMILES string of the molecule is CC(C)C(=O)N(c1ccc(F)cc1)C1CCN(Cc2ccc(F)cc2)CC1. The molecule has 1 heterocycles. The van der Waals surface area contributed by atoms with Crippen molar-refractivity contribution < 1.29 is 13.6 Å². The van der Waals surface area contributed by atoms with Crippen LogP contribution in [0.15, 0.2) is 48.5 Å². The number of amides is 1. The number of anilines is 1. The molecule has 3 nitrogen and oxygen atoms in total. The van der Waals surface area contributed by atoms with E-state index in [-0.39, 0.29) is 29.5 Å². The van der Waals surface area contributed by atoms with Crippen LogP contribution in [0.3, 0.4) is 0 Å². The molecule has 1 aliphatic heterocycles. The van der Waals surface area contributed by atoms with E-state index in [4.69, 9.17) is 0 Å². The molecule has 0 radical (unpaired) electrons. The van der Waals surface area contributed by atoms with Crippen molar-refractivity contribution in [2.24, 2.45) is 5.92 Å². The predicted octanol–water partition coefficient (Wildman–Crippen LogP) is 4.62. The third-order valence-electron chi connectivity index (χ3n) is 5.08. The maximum atomic E-state index is 13.3. The standard InChI is InChI=1S/C22H26F2N2O/c1-16(2)22(27)26(20-9-7-19(24)8-10-20)21-11-13-25(14-12-21)15-17-3-5-18(23)6-4-17/h3-10,16,21H,11-15H2,1-2H3. The van der Waals surface area contributed by atoms with Gasteiger partial charge in [0.15, 0.2) is 0 Å². The van der Waals surface area contributed by atoms with Gasteiger partial charge in [0.1, 0.15) is 11.6 Å². The Hall–Kier alpha value is -2.27. The first-order chi connectivity index (χ1) is 12.9. The third kappa shape index (κ3) is 4.92. The second kappa shape index (κ2) is 8.61. The zero-order valence-electron chi connectivity index (χ0n) is 15.9. The number of rotatable bonds is 5. The molecular formula is C22H26F2N2O. The lowest BCUT2D eigenvalue weighted by Gasteiger charge is -2.39. The van der Waals surface area contributed by atoms with Crippen LogP contribution in [0.1, 0.15) is 32.3 Å². The van der Waals surface area contributed by atoms with Gasteiger partial charge in [-0.2, -0.15) is 0 Å². The first-order valence-corrected chi connectivity index (χ1v) is 9.49. The van der Waals surface area contributed by atoms with Crippen molar-refractivity contribution in [3.05, 3.63) is 65.7 Å². The molecular weight excluding hydrogens is 346 g/mol. The van der Waals surface area contributed by atoms with Gasteiger partial charge in [-0.25, -0.2) is 8.78 Å². The number of nitrogens with zero attached hydrogens (tertiary/aromatic N) is 2. The third-order valence-corrected chi connectivity index (χ3v) is 5.08. The molecule has 1 saturated heterocycles. The minimum atomic E-state index is -0.301. The summed E-state index contributed by atoms with van der Waals surface area (Å²) in [5.74, 6) is -0.574. The number of carbonyl (C=O) groups excluding carboxylic acids is 1. The van der Waals surface area contributed by atoms with Crippen molar-refractivity contribution in [2.45, 2.75) is 39.3 Å². The monoisotopic (exact) mass is 372 g/mol.